The zero-order chi connectivity index (χ0) is 26.6. The van der Waals surface area contributed by atoms with Gasteiger partial charge in [-0.2, -0.15) is 5.26 Å². The van der Waals surface area contributed by atoms with Crippen molar-refractivity contribution >= 4 is 33.5 Å². The van der Waals surface area contributed by atoms with Crippen molar-refractivity contribution in [1.29, 1.82) is 5.26 Å². The Morgan fingerprint density at radius 3 is 2.42 bits per heavy atom. The molecule has 0 radical (unpaired) electrons. The Morgan fingerprint density at radius 1 is 1.00 bits per heavy atom. The van der Waals surface area contributed by atoms with Gasteiger partial charge in [0.1, 0.15) is 35.5 Å². The van der Waals surface area contributed by atoms with Crippen LogP contribution in [-0.2, 0) is 6.61 Å². The Balaban J connectivity index is 1.38. The monoisotopic (exact) mass is 586 g/mol. The second kappa shape index (κ2) is 11.0. The minimum absolute atomic E-state index is 0.00217. The fraction of sp³-hybridized carbons (Fsp3) is 0.0667. The van der Waals surface area contributed by atoms with Crippen molar-refractivity contribution in [2.75, 3.05) is 0 Å². The number of carbonyl (C=O) groups excluding carboxylic acids is 1. The highest BCUT2D eigenvalue weighted by atomic mass is 79.9. The van der Waals surface area contributed by atoms with Gasteiger partial charge in [0.05, 0.1) is 11.5 Å². The summed E-state index contributed by atoms with van der Waals surface area (Å²) in [5.74, 6) is 0.416. The summed E-state index contributed by atoms with van der Waals surface area (Å²) in [5.41, 5.74) is 9.39. The lowest BCUT2D eigenvalue weighted by Crippen LogP contribution is -2.21. The van der Waals surface area contributed by atoms with Crippen LogP contribution in [0.2, 0.25) is 5.02 Å². The third-order valence-electron chi connectivity index (χ3n) is 6.03. The van der Waals surface area contributed by atoms with Gasteiger partial charge >= 0.3 is 5.97 Å². The number of benzene rings is 4. The summed E-state index contributed by atoms with van der Waals surface area (Å²) in [5, 5.41) is 10.5. The van der Waals surface area contributed by atoms with Gasteiger partial charge in [-0.3, -0.25) is 0 Å². The first kappa shape index (κ1) is 25.4. The summed E-state index contributed by atoms with van der Waals surface area (Å²) in [4.78, 5) is 12.7. The Labute approximate surface area is 233 Å². The van der Waals surface area contributed by atoms with Crippen molar-refractivity contribution in [3.8, 4) is 23.3 Å². The average molecular weight is 588 g/mol. The van der Waals surface area contributed by atoms with Gasteiger partial charge in [-0.05, 0) is 69.5 Å². The van der Waals surface area contributed by atoms with E-state index < -0.39 is 11.9 Å². The van der Waals surface area contributed by atoms with Crippen LogP contribution in [0.3, 0.4) is 0 Å². The van der Waals surface area contributed by atoms with E-state index in [4.69, 9.17) is 31.5 Å². The number of nitriles is 1. The highest BCUT2D eigenvalue weighted by Gasteiger charge is 2.31. The molecule has 0 aliphatic carbocycles. The van der Waals surface area contributed by atoms with Crippen LogP contribution >= 0.6 is 27.5 Å². The molecule has 0 saturated carbocycles. The first-order valence-electron chi connectivity index (χ1n) is 11.6. The average Bonchev–Trinajstić information content (AvgIpc) is 2.92. The van der Waals surface area contributed by atoms with E-state index >= 15 is 0 Å². The molecule has 4 aromatic rings. The molecule has 38 heavy (non-hydrogen) atoms. The summed E-state index contributed by atoms with van der Waals surface area (Å²) < 4.78 is 17.9. The topological polar surface area (TPSA) is 94.6 Å². The molecule has 8 heteroatoms. The van der Waals surface area contributed by atoms with Crippen LogP contribution in [0, 0.1) is 11.3 Å². The second-order valence-electron chi connectivity index (χ2n) is 8.48. The molecule has 188 valence electrons. The molecule has 2 N–H and O–H groups in total. The molecule has 1 unspecified atom stereocenters. The fourth-order valence-electron chi connectivity index (χ4n) is 4.13. The molecule has 1 heterocycles. The quantitative estimate of drug-likeness (QED) is 0.191. The molecule has 0 bridgehead atoms. The molecule has 1 aliphatic heterocycles. The predicted molar refractivity (Wildman–Crippen MR) is 147 cm³/mol. The molecule has 0 fully saturated rings. The van der Waals surface area contributed by atoms with E-state index in [-0.39, 0.29) is 5.88 Å². The van der Waals surface area contributed by atoms with Gasteiger partial charge < -0.3 is 19.9 Å². The van der Waals surface area contributed by atoms with Gasteiger partial charge in [0.25, 0.3) is 0 Å². The fourth-order valence-corrected chi connectivity index (χ4v) is 4.71. The van der Waals surface area contributed by atoms with Crippen LogP contribution in [0.5, 0.6) is 17.2 Å². The van der Waals surface area contributed by atoms with Crippen molar-refractivity contribution in [2.24, 2.45) is 5.73 Å². The van der Waals surface area contributed by atoms with Crippen molar-refractivity contribution in [2.45, 2.75) is 12.5 Å². The van der Waals surface area contributed by atoms with E-state index in [1.807, 2.05) is 54.6 Å². The maximum Gasteiger partial charge on any atom is 0.344 e. The normalized spacial score (nSPS) is 14.2. The Bertz CT molecular complexity index is 1580. The third-order valence-corrected chi connectivity index (χ3v) is 6.97. The van der Waals surface area contributed by atoms with Gasteiger partial charge in [-0.15, -0.1) is 0 Å². The Morgan fingerprint density at radius 2 is 1.71 bits per heavy atom. The van der Waals surface area contributed by atoms with E-state index in [0.717, 1.165) is 16.7 Å². The van der Waals surface area contributed by atoms with Gasteiger partial charge in [-0.25, -0.2) is 4.79 Å². The molecule has 5 rings (SSSR count). The predicted octanol–water partition coefficient (Wildman–Crippen LogP) is 7.12. The summed E-state index contributed by atoms with van der Waals surface area (Å²) in [6.07, 6.45) is 0. The molecule has 1 aliphatic rings. The van der Waals surface area contributed by atoms with E-state index in [9.17, 15) is 10.1 Å². The number of fused-ring (bicyclic) bond motifs is 1. The van der Waals surface area contributed by atoms with Gasteiger partial charge in [-0.1, -0.05) is 54.1 Å². The Kier molecular flexibility index (Phi) is 7.36. The number of hydrogen-bond donors (Lipinski definition) is 1. The first-order valence-corrected chi connectivity index (χ1v) is 12.8. The number of carbonyl (C=O) groups is 1. The Hall–Kier alpha value is -4.25. The van der Waals surface area contributed by atoms with Crippen LogP contribution in [-0.4, -0.2) is 5.97 Å². The van der Waals surface area contributed by atoms with Crippen molar-refractivity contribution in [1.82, 2.24) is 0 Å². The number of ether oxygens (including phenoxy) is 3. The number of halogens is 2. The van der Waals surface area contributed by atoms with Crippen molar-refractivity contribution in [3.05, 3.63) is 134 Å². The highest BCUT2D eigenvalue weighted by molar-refractivity contribution is 9.10. The van der Waals surface area contributed by atoms with Crippen molar-refractivity contribution in [3.63, 3.8) is 0 Å². The summed E-state index contributed by atoms with van der Waals surface area (Å²) in [6, 6.07) is 29.2. The van der Waals surface area contributed by atoms with Crippen molar-refractivity contribution < 1.29 is 19.0 Å². The number of esters is 1. The molecular formula is C30H20BrClN2O4. The maximum atomic E-state index is 12.7. The standard InChI is InChI=1S/C30H20BrClN2O4/c31-26-4-2-1-3-23(26)30(35)37-22-13-14-24-27(15-22)38-29(34)25(16-33)28(24)19-7-11-21(12-8-19)36-17-18-5-9-20(32)10-6-18/h1-15,28H,17,34H2. The van der Waals surface area contributed by atoms with Crippen LogP contribution in [0.15, 0.2) is 107 Å². The number of rotatable bonds is 6. The van der Waals surface area contributed by atoms with E-state index in [1.54, 1.807) is 36.4 Å². The van der Waals surface area contributed by atoms with Crippen LogP contribution < -0.4 is 19.9 Å². The summed E-state index contributed by atoms with van der Waals surface area (Å²) >= 11 is 9.31. The zero-order valence-corrected chi connectivity index (χ0v) is 22.2. The summed E-state index contributed by atoms with van der Waals surface area (Å²) in [7, 11) is 0. The van der Waals surface area contributed by atoms with Crippen LogP contribution in [0.4, 0.5) is 0 Å². The zero-order valence-electron chi connectivity index (χ0n) is 19.9. The minimum Gasteiger partial charge on any atom is -0.489 e. The number of allylic oxidation sites excluding steroid dienone is 1. The number of nitrogens with two attached hydrogens (primary N) is 1. The van der Waals surface area contributed by atoms with Gasteiger partial charge in [0.2, 0.25) is 5.88 Å². The van der Waals surface area contributed by atoms with Gasteiger partial charge in [0, 0.05) is 21.1 Å². The second-order valence-corrected chi connectivity index (χ2v) is 9.77. The molecule has 0 aromatic heterocycles. The lowest BCUT2D eigenvalue weighted by atomic mass is 9.83. The lowest BCUT2D eigenvalue weighted by molar-refractivity contribution is 0.0733. The smallest absolute Gasteiger partial charge is 0.344 e. The molecule has 0 saturated heterocycles. The SMILES string of the molecule is N#CC1=C(N)Oc2cc(OC(=O)c3ccccc3Br)ccc2C1c1ccc(OCc2ccc(Cl)cc2)cc1. The summed E-state index contributed by atoms with van der Waals surface area (Å²) in [6.45, 7) is 0.397. The highest BCUT2D eigenvalue weighted by Crippen LogP contribution is 2.43. The van der Waals surface area contributed by atoms with E-state index in [0.29, 0.717) is 44.5 Å². The lowest BCUT2D eigenvalue weighted by Gasteiger charge is -2.27. The van der Waals surface area contributed by atoms with Gasteiger partial charge in [0.15, 0.2) is 0 Å². The number of nitrogens with zero attached hydrogens (tertiary/aromatic N) is 1. The number of hydrogen-bond acceptors (Lipinski definition) is 6. The maximum absolute atomic E-state index is 12.7. The molecular weight excluding hydrogens is 568 g/mol. The van der Waals surface area contributed by atoms with E-state index in [1.165, 1.54) is 0 Å². The van der Waals surface area contributed by atoms with Crippen LogP contribution in [0.25, 0.3) is 0 Å². The van der Waals surface area contributed by atoms with Crippen LogP contribution in [0.1, 0.15) is 33.0 Å². The van der Waals surface area contributed by atoms with E-state index in [2.05, 4.69) is 22.0 Å². The third kappa shape index (κ3) is 5.37. The minimum atomic E-state index is -0.514. The molecule has 0 amide bonds. The molecule has 6 nitrogen and oxygen atoms in total. The largest absolute Gasteiger partial charge is 0.489 e. The molecule has 0 spiro atoms. The molecule has 4 aromatic carbocycles. The first-order chi connectivity index (χ1) is 18.4. The molecule has 1 atom stereocenters.